The first-order valence-corrected chi connectivity index (χ1v) is 10.2. The van der Waals surface area contributed by atoms with Gasteiger partial charge in [-0.1, -0.05) is 48.2 Å². The van der Waals surface area contributed by atoms with Crippen molar-refractivity contribution in [3.63, 3.8) is 0 Å². The first kappa shape index (κ1) is 17.7. The lowest BCUT2D eigenvalue weighted by Gasteiger charge is -2.06. The summed E-state index contributed by atoms with van der Waals surface area (Å²) in [5.74, 6) is 0.371. The molecule has 0 radical (unpaired) electrons. The van der Waals surface area contributed by atoms with Crippen molar-refractivity contribution in [2.75, 3.05) is 5.75 Å². The van der Waals surface area contributed by atoms with Crippen LogP contribution in [0.2, 0.25) is 0 Å². The van der Waals surface area contributed by atoms with E-state index >= 15 is 0 Å². The van der Waals surface area contributed by atoms with Crippen LogP contribution in [0.5, 0.6) is 0 Å². The summed E-state index contributed by atoms with van der Waals surface area (Å²) in [6.07, 6.45) is 3.22. The normalized spacial score (nSPS) is 11.0. The van der Waals surface area contributed by atoms with Gasteiger partial charge in [-0.25, -0.2) is 14.6 Å². The van der Waals surface area contributed by atoms with Crippen LogP contribution in [0.1, 0.15) is 11.1 Å². The van der Waals surface area contributed by atoms with Gasteiger partial charge in [0.15, 0.2) is 4.34 Å². The number of benzene rings is 2. The Labute approximate surface area is 164 Å². The number of thiazole rings is 1. The summed E-state index contributed by atoms with van der Waals surface area (Å²) < 4.78 is 3.84. The third-order valence-electron chi connectivity index (χ3n) is 3.92. The Kier molecular flexibility index (Phi) is 5.45. The van der Waals surface area contributed by atoms with E-state index in [2.05, 4.69) is 20.4 Å². The second-order valence-corrected chi connectivity index (χ2v) is 8.18. The Morgan fingerprint density at radius 2 is 1.93 bits per heavy atom. The number of fused-ring (bicyclic) bond motifs is 1. The topological polar surface area (TPSA) is 72.7 Å². The van der Waals surface area contributed by atoms with E-state index in [0.717, 1.165) is 25.7 Å². The maximum Gasteiger partial charge on any atom is 0.230 e. The second kappa shape index (κ2) is 8.32. The number of carbonyl (C=O) groups excluding carboxylic acids is 1. The van der Waals surface area contributed by atoms with E-state index in [0.29, 0.717) is 18.8 Å². The summed E-state index contributed by atoms with van der Waals surface area (Å²) >= 11 is 3.09. The number of aromatic nitrogens is 4. The summed E-state index contributed by atoms with van der Waals surface area (Å²) in [6.45, 7) is 1.20. The van der Waals surface area contributed by atoms with Gasteiger partial charge in [0, 0.05) is 6.54 Å². The molecule has 1 amide bonds. The van der Waals surface area contributed by atoms with Gasteiger partial charge in [-0.3, -0.25) is 4.79 Å². The van der Waals surface area contributed by atoms with Crippen molar-refractivity contribution in [2.45, 2.75) is 17.4 Å². The number of carbonyl (C=O) groups is 1. The average molecular weight is 396 g/mol. The Morgan fingerprint density at radius 1 is 1.11 bits per heavy atom. The largest absolute Gasteiger partial charge is 0.351 e. The molecule has 0 unspecified atom stereocenters. The molecule has 2 aromatic carbocycles. The highest BCUT2D eigenvalue weighted by molar-refractivity contribution is 8.01. The highest BCUT2D eigenvalue weighted by Gasteiger charge is 2.07. The minimum Gasteiger partial charge on any atom is -0.351 e. The van der Waals surface area contributed by atoms with Crippen molar-refractivity contribution >= 4 is 39.2 Å². The summed E-state index contributed by atoms with van der Waals surface area (Å²) in [7, 11) is 0. The smallest absolute Gasteiger partial charge is 0.230 e. The van der Waals surface area contributed by atoms with Crippen LogP contribution >= 0.6 is 23.1 Å². The predicted molar refractivity (Wildman–Crippen MR) is 108 cm³/mol. The van der Waals surface area contributed by atoms with Crippen molar-refractivity contribution in [1.82, 2.24) is 25.1 Å². The van der Waals surface area contributed by atoms with Crippen LogP contribution < -0.4 is 5.32 Å². The van der Waals surface area contributed by atoms with Gasteiger partial charge in [0.05, 0.1) is 22.5 Å². The van der Waals surface area contributed by atoms with Crippen molar-refractivity contribution in [2.24, 2.45) is 0 Å². The number of hydrogen-bond acceptors (Lipinski definition) is 6. The van der Waals surface area contributed by atoms with Crippen LogP contribution in [-0.4, -0.2) is 31.4 Å². The molecule has 0 saturated heterocycles. The molecule has 0 spiro atoms. The monoisotopic (exact) mass is 395 g/mol. The molecule has 0 aliphatic rings. The van der Waals surface area contributed by atoms with Gasteiger partial charge >= 0.3 is 0 Å². The molecule has 136 valence electrons. The zero-order valence-corrected chi connectivity index (χ0v) is 16.0. The minimum absolute atomic E-state index is 0.00551. The van der Waals surface area contributed by atoms with E-state index in [1.807, 2.05) is 48.5 Å². The standard InChI is InChI=1S/C19H17N5OS2/c25-18(11-26-19-23-16-3-1-2-4-17(16)27-19)21-9-14-5-7-15(8-6-14)10-24-13-20-12-22-24/h1-8,12-13H,9-11H2,(H,21,25). The van der Waals surface area contributed by atoms with Crippen LogP contribution in [0.15, 0.2) is 65.5 Å². The molecule has 0 saturated carbocycles. The molecule has 2 aromatic heterocycles. The fourth-order valence-electron chi connectivity index (χ4n) is 2.56. The summed E-state index contributed by atoms with van der Waals surface area (Å²) in [6, 6.07) is 16.1. The molecule has 4 aromatic rings. The van der Waals surface area contributed by atoms with Gasteiger partial charge in [-0.15, -0.1) is 11.3 Å². The molecule has 0 aliphatic carbocycles. The molecule has 8 heteroatoms. The molecule has 0 bridgehead atoms. The van der Waals surface area contributed by atoms with Crippen LogP contribution in [0.4, 0.5) is 0 Å². The molecule has 0 atom stereocenters. The molecule has 2 heterocycles. The zero-order valence-electron chi connectivity index (χ0n) is 14.4. The molecular weight excluding hydrogens is 378 g/mol. The quantitative estimate of drug-likeness (QED) is 0.486. The van der Waals surface area contributed by atoms with Gasteiger partial charge in [0.25, 0.3) is 0 Å². The fourth-order valence-corrected chi connectivity index (χ4v) is 4.45. The molecule has 0 aliphatic heterocycles. The highest BCUT2D eigenvalue weighted by atomic mass is 32.2. The van der Waals surface area contributed by atoms with Crippen molar-refractivity contribution < 1.29 is 4.79 Å². The summed E-state index contributed by atoms with van der Waals surface area (Å²) in [5.41, 5.74) is 3.19. The maximum absolute atomic E-state index is 12.1. The lowest BCUT2D eigenvalue weighted by atomic mass is 10.1. The van der Waals surface area contributed by atoms with Gasteiger partial charge in [0.2, 0.25) is 5.91 Å². The fraction of sp³-hybridized carbons (Fsp3) is 0.158. The number of thioether (sulfide) groups is 1. The Hall–Kier alpha value is -2.71. The Bertz CT molecular complexity index is 995. The highest BCUT2D eigenvalue weighted by Crippen LogP contribution is 2.29. The molecule has 27 heavy (non-hydrogen) atoms. The minimum atomic E-state index is 0.00551. The SMILES string of the molecule is O=C(CSc1nc2ccccc2s1)NCc1ccc(Cn2cncn2)cc1. The first-order chi connectivity index (χ1) is 13.3. The molecule has 0 fully saturated rings. The van der Waals surface area contributed by atoms with Gasteiger partial charge in [-0.05, 0) is 23.3 Å². The number of hydrogen-bond donors (Lipinski definition) is 1. The van der Waals surface area contributed by atoms with E-state index in [9.17, 15) is 4.79 Å². The third-order valence-corrected chi connectivity index (χ3v) is 6.10. The van der Waals surface area contributed by atoms with Gasteiger partial charge in [0.1, 0.15) is 12.7 Å². The number of rotatable bonds is 7. The van der Waals surface area contributed by atoms with Crippen LogP contribution in [0.3, 0.4) is 0 Å². The van der Waals surface area contributed by atoms with Gasteiger partial charge in [-0.2, -0.15) is 5.10 Å². The number of nitrogens with zero attached hydrogens (tertiary/aromatic N) is 4. The van der Waals surface area contributed by atoms with Crippen LogP contribution in [0, 0.1) is 0 Å². The maximum atomic E-state index is 12.1. The van der Waals surface area contributed by atoms with Crippen molar-refractivity contribution in [3.8, 4) is 0 Å². The van der Waals surface area contributed by atoms with Crippen LogP contribution in [0.25, 0.3) is 10.2 Å². The van der Waals surface area contributed by atoms with E-state index in [4.69, 9.17) is 0 Å². The number of amides is 1. The van der Waals surface area contributed by atoms with Crippen molar-refractivity contribution in [1.29, 1.82) is 0 Å². The molecule has 1 N–H and O–H groups in total. The molecule has 4 rings (SSSR count). The number of nitrogens with one attached hydrogen (secondary N) is 1. The van der Waals surface area contributed by atoms with E-state index < -0.39 is 0 Å². The summed E-state index contributed by atoms with van der Waals surface area (Å²) in [5, 5.41) is 7.05. The zero-order chi connectivity index (χ0) is 18.5. The lowest BCUT2D eigenvalue weighted by Crippen LogP contribution is -2.24. The van der Waals surface area contributed by atoms with E-state index in [1.165, 1.54) is 18.1 Å². The Balaban J connectivity index is 1.25. The van der Waals surface area contributed by atoms with Crippen molar-refractivity contribution in [3.05, 3.63) is 72.3 Å². The summed E-state index contributed by atoms with van der Waals surface area (Å²) in [4.78, 5) is 20.6. The van der Waals surface area contributed by atoms with Gasteiger partial charge < -0.3 is 5.32 Å². The molecule has 6 nitrogen and oxygen atoms in total. The van der Waals surface area contributed by atoms with E-state index in [1.54, 1.807) is 22.3 Å². The average Bonchev–Trinajstić information content (AvgIpc) is 3.35. The lowest BCUT2D eigenvalue weighted by molar-refractivity contribution is -0.118. The predicted octanol–water partition coefficient (Wildman–Crippen LogP) is 3.34. The van der Waals surface area contributed by atoms with E-state index in [-0.39, 0.29) is 5.91 Å². The first-order valence-electron chi connectivity index (χ1n) is 8.41. The number of para-hydroxylation sites is 1. The Morgan fingerprint density at radius 3 is 2.70 bits per heavy atom. The molecular formula is C19H17N5OS2. The third kappa shape index (κ3) is 4.72. The second-order valence-electron chi connectivity index (χ2n) is 5.92. The van der Waals surface area contributed by atoms with Crippen LogP contribution in [-0.2, 0) is 17.9 Å².